The Kier molecular flexibility index (Phi) is 5.91. The van der Waals surface area contributed by atoms with Crippen molar-refractivity contribution in [1.29, 1.82) is 0 Å². The molecule has 0 aliphatic heterocycles. The summed E-state index contributed by atoms with van der Waals surface area (Å²) in [6.45, 7) is 6.90. The summed E-state index contributed by atoms with van der Waals surface area (Å²) in [5, 5.41) is 6.70. The first-order valence-electron chi connectivity index (χ1n) is 9.10. The van der Waals surface area contributed by atoms with Crippen molar-refractivity contribution in [2.45, 2.75) is 27.2 Å². The molecule has 0 bridgehead atoms. The van der Waals surface area contributed by atoms with Crippen molar-refractivity contribution in [1.82, 2.24) is 9.97 Å². The van der Waals surface area contributed by atoms with Crippen LogP contribution in [0.4, 0.5) is 17.5 Å². The monoisotopic (exact) mass is 362 g/mol. The van der Waals surface area contributed by atoms with Crippen molar-refractivity contribution in [2.75, 3.05) is 24.3 Å². The Bertz CT molecular complexity index is 904. The fraction of sp³-hybridized carbons (Fsp3) is 0.273. The minimum atomic E-state index is 0.597. The maximum atomic E-state index is 5.41. The number of aromatic nitrogens is 2. The van der Waals surface area contributed by atoms with E-state index in [9.17, 15) is 0 Å². The highest BCUT2D eigenvalue weighted by Gasteiger charge is 2.05. The van der Waals surface area contributed by atoms with Crippen molar-refractivity contribution in [3.05, 3.63) is 70.9 Å². The summed E-state index contributed by atoms with van der Waals surface area (Å²) in [5.74, 6) is 2.32. The average molecular weight is 362 g/mol. The molecule has 3 rings (SSSR count). The molecule has 1 heterocycles. The lowest BCUT2D eigenvalue weighted by Crippen LogP contribution is -2.09. The van der Waals surface area contributed by atoms with Gasteiger partial charge in [-0.3, -0.25) is 0 Å². The van der Waals surface area contributed by atoms with E-state index in [1.54, 1.807) is 7.11 Å². The van der Waals surface area contributed by atoms with Crippen LogP contribution >= 0.6 is 0 Å². The molecule has 0 radical (unpaired) electrons. The Labute approximate surface area is 160 Å². The van der Waals surface area contributed by atoms with Crippen molar-refractivity contribution in [2.24, 2.45) is 0 Å². The lowest BCUT2D eigenvalue weighted by molar-refractivity contribution is 0.410. The quantitative estimate of drug-likeness (QED) is 0.632. The zero-order valence-electron chi connectivity index (χ0n) is 16.3. The first kappa shape index (κ1) is 18.7. The third-order valence-electron chi connectivity index (χ3n) is 4.23. The summed E-state index contributed by atoms with van der Waals surface area (Å²) in [6.07, 6.45) is 0.854. The highest BCUT2D eigenvalue weighted by molar-refractivity contribution is 5.57. The Balaban J connectivity index is 1.68. The summed E-state index contributed by atoms with van der Waals surface area (Å²) in [4.78, 5) is 9.10. The molecule has 0 aliphatic rings. The Morgan fingerprint density at radius 3 is 2.41 bits per heavy atom. The number of rotatable bonds is 7. The molecule has 5 nitrogen and oxygen atoms in total. The summed E-state index contributed by atoms with van der Waals surface area (Å²) in [6, 6.07) is 16.4. The van der Waals surface area contributed by atoms with E-state index in [2.05, 4.69) is 58.7 Å². The first-order valence-corrected chi connectivity index (χ1v) is 9.10. The summed E-state index contributed by atoms with van der Waals surface area (Å²) in [5.41, 5.74) is 5.50. The third-order valence-corrected chi connectivity index (χ3v) is 4.23. The maximum absolute atomic E-state index is 5.41. The molecule has 0 aliphatic carbocycles. The van der Waals surface area contributed by atoms with Gasteiger partial charge in [0.05, 0.1) is 7.11 Å². The van der Waals surface area contributed by atoms with Crippen LogP contribution in [0.1, 0.15) is 22.4 Å². The molecule has 0 unspecified atom stereocenters. The van der Waals surface area contributed by atoms with Crippen molar-refractivity contribution in [3.8, 4) is 5.75 Å². The lowest BCUT2D eigenvalue weighted by atomic mass is 10.1. The molecule has 0 spiro atoms. The second-order valence-electron chi connectivity index (χ2n) is 6.71. The predicted octanol–water partition coefficient (Wildman–Crippen LogP) is 4.81. The van der Waals surface area contributed by atoms with Gasteiger partial charge in [-0.15, -0.1) is 0 Å². The van der Waals surface area contributed by atoms with Gasteiger partial charge in [-0.2, -0.15) is 4.98 Å². The van der Waals surface area contributed by atoms with Crippen molar-refractivity contribution < 1.29 is 4.74 Å². The number of hydrogen-bond donors (Lipinski definition) is 2. The zero-order valence-corrected chi connectivity index (χ0v) is 16.3. The van der Waals surface area contributed by atoms with E-state index in [0.717, 1.165) is 35.9 Å². The van der Waals surface area contributed by atoms with Crippen LogP contribution in [0.15, 0.2) is 48.5 Å². The molecule has 2 aromatic carbocycles. The zero-order chi connectivity index (χ0) is 19.2. The number of hydrogen-bond acceptors (Lipinski definition) is 5. The molecule has 0 atom stereocenters. The largest absolute Gasteiger partial charge is 0.496 e. The van der Waals surface area contributed by atoms with E-state index >= 15 is 0 Å². The fourth-order valence-corrected chi connectivity index (χ4v) is 3.13. The molecular weight excluding hydrogens is 336 g/mol. The van der Waals surface area contributed by atoms with Crippen LogP contribution < -0.4 is 15.4 Å². The highest BCUT2D eigenvalue weighted by atomic mass is 16.5. The molecule has 27 heavy (non-hydrogen) atoms. The first-order chi connectivity index (χ1) is 13.0. The normalized spacial score (nSPS) is 10.5. The Hall–Kier alpha value is -3.08. The number of para-hydroxylation sites is 1. The fourth-order valence-electron chi connectivity index (χ4n) is 3.13. The van der Waals surface area contributed by atoms with E-state index in [0.29, 0.717) is 5.95 Å². The van der Waals surface area contributed by atoms with Gasteiger partial charge in [0.1, 0.15) is 11.6 Å². The van der Waals surface area contributed by atoms with Gasteiger partial charge in [-0.1, -0.05) is 24.3 Å². The Morgan fingerprint density at radius 2 is 1.67 bits per heavy atom. The van der Waals surface area contributed by atoms with Crippen LogP contribution in [0.25, 0.3) is 0 Å². The average Bonchev–Trinajstić information content (AvgIpc) is 2.61. The summed E-state index contributed by atoms with van der Waals surface area (Å²) in [7, 11) is 1.70. The van der Waals surface area contributed by atoms with E-state index in [1.165, 1.54) is 16.7 Å². The SMILES string of the molecule is COc1ccccc1CCNc1cc(C)nc(Nc2cc(C)cc(C)c2)n1. The maximum Gasteiger partial charge on any atom is 0.229 e. The van der Waals surface area contributed by atoms with Crippen LogP contribution in [-0.4, -0.2) is 23.6 Å². The number of nitrogens with one attached hydrogen (secondary N) is 2. The van der Waals surface area contributed by atoms with Crippen LogP contribution in [0, 0.1) is 20.8 Å². The van der Waals surface area contributed by atoms with Gasteiger partial charge in [0.2, 0.25) is 5.95 Å². The predicted molar refractivity (Wildman–Crippen MR) is 111 cm³/mol. The molecule has 5 heteroatoms. The number of anilines is 3. The standard InChI is InChI=1S/C22H26N4O/c1-15-11-16(2)13-19(12-15)25-22-24-17(3)14-21(26-22)23-10-9-18-7-5-6-8-20(18)27-4/h5-8,11-14H,9-10H2,1-4H3,(H2,23,24,25,26). The molecule has 3 aromatic rings. The highest BCUT2D eigenvalue weighted by Crippen LogP contribution is 2.20. The topological polar surface area (TPSA) is 59.1 Å². The second-order valence-corrected chi connectivity index (χ2v) is 6.71. The van der Waals surface area contributed by atoms with Crippen molar-refractivity contribution in [3.63, 3.8) is 0 Å². The summed E-state index contributed by atoms with van der Waals surface area (Å²) < 4.78 is 5.41. The number of ether oxygens (including phenoxy) is 1. The molecule has 0 saturated carbocycles. The van der Waals surface area contributed by atoms with Gasteiger partial charge in [-0.05, 0) is 62.1 Å². The van der Waals surface area contributed by atoms with Gasteiger partial charge in [-0.25, -0.2) is 4.98 Å². The van der Waals surface area contributed by atoms with Gasteiger partial charge in [0, 0.05) is 24.0 Å². The number of methoxy groups -OCH3 is 1. The van der Waals surface area contributed by atoms with Gasteiger partial charge >= 0.3 is 0 Å². The van der Waals surface area contributed by atoms with Gasteiger partial charge < -0.3 is 15.4 Å². The second kappa shape index (κ2) is 8.54. The number of aryl methyl sites for hydroxylation is 3. The van der Waals surface area contributed by atoms with E-state index < -0.39 is 0 Å². The molecule has 0 amide bonds. The van der Waals surface area contributed by atoms with Crippen LogP contribution in [0.2, 0.25) is 0 Å². The van der Waals surface area contributed by atoms with Gasteiger partial charge in [0.15, 0.2) is 0 Å². The van der Waals surface area contributed by atoms with Crippen LogP contribution in [0.3, 0.4) is 0 Å². The van der Waals surface area contributed by atoms with Crippen molar-refractivity contribution >= 4 is 17.5 Å². The molecule has 0 fully saturated rings. The molecular formula is C22H26N4O. The van der Waals surface area contributed by atoms with E-state index in [-0.39, 0.29) is 0 Å². The Morgan fingerprint density at radius 1 is 0.926 bits per heavy atom. The van der Waals surface area contributed by atoms with Crippen LogP contribution in [-0.2, 0) is 6.42 Å². The van der Waals surface area contributed by atoms with E-state index in [4.69, 9.17) is 4.74 Å². The van der Waals surface area contributed by atoms with Gasteiger partial charge in [0.25, 0.3) is 0 Å². The minimum Gasteiger partial charge on any atom is -0.496 e. The minimum absolute atomic E-state index is 0.597. The molecule has 140 valence electrons. The number of benzene rings is 2. The molecule has 2 N–H and O–H groups in total. The lowest BCUT2D eigenvalue weighted by Gasteiger charge is -2.12. The summed E-state index contributed by atoms with van der Waals surface area (Å²) >= 11 is 0. The smallest absolute Gasteiger partial charge is 0.229 e. The third kappa shape index (κ3) is 5.20. The molecule has 0 saturated heterocycles. The molecule has 1 aromatic heterocycles. The van der Waals surface area contributed by atoms with E-state index in [1.807, 2.05) is 31.2 Å². The number of nitrogens with zero attached hydrogens (tertiary/aromatic N) is 2. The van der Waals surface area contributed by atoms with Crippen LogP contribution in [0.5, 0.6) is 5.75 Å².